The highest BCUT2D eigenvalue weighted by molar-refractivity contribution is 6.04. The zero-order valence-electron chi connectivity index (χ0n) is 20.2. The molecule has 39 heavy (non-hydrogen) atoms. The molecule has 2 aromatic heterocycles. The summed E-state index contributed by atoms with van der Waals surface area (Å²) in [6.45, 7) is 0.578. The first-order chi connectivity index (χ1) is 18.7. The molecule has 0 radical (unpaired) electrons. The summed E-state index contributed by atoms with van der Waals surface area (Å²) in [5.74, 6) is 0.0222. The Bertz CT molecular complexity index is 1460. The number of imidazole rings is 1. The van der Waals surface area contributed by atoms with Gasteiger partial charge in [0.1, 0.15) is 5.75 Å². The van der Waals surface area contributed by atoms with E-state index in [0.29, 0.717) is 17.1 Å². The van der Waals surface area contributed by atoms with Crippen LogP contribution in [0.2, 0.25) is 0 Å². The molecule has 4 N–H and O–H groups in total. The van der Waals surface area contributed by atoms with Gasteiger partial charge in [-0.15, -0.1) is 5.10 Å². The number of anilines is 2. The Kier molecular flexibility index (Phi) is 8.58. The van der Waals surface area contributed by atoms with Crippen molar-refractivity contribution in [3.05, 3.63) is 78.0 Å². The van der Waals surface area contributed by atoms with E-state index in [1.54, 1.807) is 30.3 Å². The van der Waals surface area contributed by atoms with E-state index in [1.165, 1.54) is 28.9 Å². The predicted molar refractivity (Wildman–Crippen MR) is 134 cm³/mol. The van der Waals surface area contributed by atoms with Crippen LogP contribution in [0.5, 0.6) is 11.6 Å². The number of ether oxygens (including phenoxy) is 2. The molecule has 0 aliphatic heterocycles. The number of amides is 3. The lowest BCUT2D eigenvalue weighted by Gasteiger charge is -2.10. The van der Waals surface area contributed by atoms with E-state index in [2.05, 4.69) is 26.0 Å². The molecule has 4 rings (SSSR count). The summed E-state index contributed by atoms with van der Waals surface area (Å²) in [6.07, 6.45) is -3.08. The zero-order chi connectivity index (χ0) is 27.8. The number of aliphatic hydroxyl groups is 1. The van der Waals surface area contributed by atoms with Gasteiger partial charge in [0.05, 0.1) is 31.6 Å². The van der Waals surface area contributed by atoms with Crippen molar-refractivity contribution in [2.45, 2.75) is 6.18 Å². The molecule has 0 spiro atoms. The van der Waals surface area contributed by atoms with Crippen LogP contribution < -0.4 is 20.7 Å². The SMILES string of the molecule is O=C(NCCOCCO)Nc1cn2nc(Oc3cccc(NC(=O)c4cccc(C(F)(F)F)c4)c3)ccc2n1. The Morgan fingerprint density at radius 1 is 1.00 bits per heavy atom. The van der Waals surface area contributed by atoms with Gasteiger partial charge in [-0.1, -0.05) is 12.1 Å². The standard InChI is InChI=1S/C25H23F3N6O5/c26-25(27,28)17-4-1-3-16(13-17)23(36)30-18-5-2-6-19(14-18)39-22-8-7-21-31-20(15-34(21)33-22)32-24(37)29-9-11-38-12-10-35/h1-8,13-15,35H,9-12H2,(H,30,36)(H2,29,32,37). The van der Waals surface area contributed by atoms with Gasteiger partial charge in [-0.05, 0) is 36.4 Å². The Morgan fingerprint density at radius 2 is 1.82 bits per heavy atom. The summed E-state index contributed by atoms with van der Waals surface area (Å²) >= 11 is 0. The molecule has 204 valence electrons. The van der Waals surface area contributed by atoms with Crippen molar-refractivity contribution in [2.24, 2.45) is 0 Å². The minimum absolute atomic E-state index is 0.0998. The van der Waals surface area contributed by atoms with Gasteiger partial charge >= 0.3 is 12.2 Å². The number of carbonyl (C=O) groups excluding carboxylic acids is 2. The van der Waals surface area contributed by atoms with Crippen LogP contribution in [0.1, 0.15) is 15.9 Å². The van der Waals surface area contributed by atoms with Gasteiger partial charge in [0.25, 0.3) is 5.91 Å². The maximum atomic E-state index is 13.0. The van der Waals surface area contributed by atoms with E-state index < -0.39 is 23.7 Å². The fourth-order valence-electron chi connectivity index (χ4n) is 3.34. The normalized spacial score (nSPS) is 11.3. The van der Waals surface area contributed by atoms with Gasteiger partial charge < -0.3 is 25.2 Å². The van der Waals surface area contributed by atoms with Crippen LogP contribution in [-0.2, 0) is 10.9 Å². The first kappa shape index (κ1) is 27.3. The van der Waals surface area contributed by atoms with E-state index >= 15 is 0 Å². The largest absolute Gasteiger partial charge is 0.438 e. The van der Waals surface area contributed by atoms with E-state index in [1.807, 2.05) is 0 Å². The molecule has 3 amide bonds. The molecule has 0 bridgehead atoms. The first-order valence-electron chi connectivity index (χ1n) is 11.6. The number of carbonyl (C=O) groups is 2. The summed E-state index contributed by atoms with van der Waals surface area (Å²) in [4.78, 5) is 28.7. The van der Waals surface area contributed by atoms with Gasteiger partial charge in [-0.2, -0.15) is 13.2 Å². The van der Waals surface area contributed by atoms with Crippen molar-refractivity contribution in [1.82, 2.24) is 19.9 Å². The van der Waals surface area contributed by atoms with Crippen LogP contribution in [0.4, 0.5) is 29.5 Å². The second-order valence-electron chi connectivity index (χ2n) is 7.98. The van der Waals surface area contributed by atoms with Crippen LogP contribution in [0.15, 0.2) is 66.9 Å². The molecule has 0 aliphatic rings. The summed E-state index contributed by atoms with van der Waals surface area (Å²) in [5.41, 5.74) is -0.323. The predicted octanol–water partition coefficient (Wildman–Crippen LogP) is 3.92. The molecule has 0 unspecified atom stereocenters. The quantitative estimate of drug-likeness (QED) is 0.222. The van der Waals surface area contributed by atoms with E-state index in [0.717, 1.165) is 12.1 Å². The number of hydrogen-bond donors (Lipinski definition) is 4. The molecule has 2 heterocycles. The number of rotatable bonds is 10. The molecule has 0 saturated carbocycles. The summed E-state index contributed by atoms with van der Waals surface area (Å²) in [7, 11) is 0. The number of aromatic nitrogens is 3. The molecule has 0 saturated heterocycles. The summed E-state index contributed by atoms with van der Waals surface area (Å²) < 4.78 is 51.1. The Morgan fingerprint density at radius 3 is 2.62 bits per heavy atom. The van der Waals surface area contributed by atoms with Crippen LogP contribution in [0, 0.1) is 0 Å². The number of nitrogens with zero attached hydrogens (tertiary/aromatic N) is 3. The molecule has 0 atom stereocenters. The average molecular weight is 544 g/mol. The molecule has 0 aliphatic carbocycles. The van der Waals surface area contributed by atoms with Crippen molar-refractivity contribution in [2.75, 3.05) is 37.0 Å². The minimum Gasteiger partial charge on any atom is -0.438 e. The topological polar surface area (TPSA) is 139 Å². The first-order valence-corrected chi connectivity index (χ1v) is 11.6. The third kappa shape index (κ3) is 7.66. The lowest BCUT2D eigenvalue weighted by Crippen LogP contribution is -2.31. The van der Waals surface area contributed by atoms with Crippen LogP contribution >= 0.6 is 0 Å². The summed E-state index contributed by atoms with van der Waals surface area (Å²) in [5, 5.41) is 20.7. The molecule has 0 fully saturated rings. The van der Waals surface area contributed by atoms with Crippen molar-refractivity contribution >= 4 is 29.1 Å². The highest BCUT2D eigenvalue weighted by Crippen LogP contribution is 2.30. The van der Waals surface area contributed by atoms with Gasteiger partial charge in [0, 0.05) is 29.9 Å². The van der Waals surface area contributed by atoms with Crippen molar-refractivity contribution < 1.29 is 37.3 Å². The third-order valence-corrected chi connectivity index (χ3v) is 5.07. The maximum Gasteiger partial charge on any atom is 0.416 e. The number of urea groups is 1. The van der Waals surface area contributed by atoms with E-state index in [9.17, 15) is 22.8 Å². The highest BCUT2D eigenvalue weighted by Gasteiger charge is 2.30. The fourth-order valence-corrected chi connectivity index (χ4v) is 3.34. The summed E-state index contributed by atoms with van der Waals surface area (Å²) in [6, 6.07) is 13.1. The van der Waals surface area contributed by atoms with Crippen LogP contribution in [0.3, 0.4) is 0 Å². The number of halogens is 3. The molecular formula is C25H23F3N6O5. The second kappa shape index (κ2) is 12.2. The lowest BCUT2D eigenvalue weighted by atomic mass is 10.1. The van der Waals surface area contributed by atoms with Crippen LogP contribution in [0.25, 0.3) is 5.65 Å². The van der Waals surface area contributed by atoms with Gasteiger partial charge in [-0.3, -0.25) is 10.1 Å². The van der Waals surface area contributed by atoms with Crippen LogP contribution in [-0.4, -0.2) is 58.0 Å². The Hall–Kier alpha value is -4.69. The number of hydrogen-bond acceptors (Lipinski definition) is 7. The molecule has 4 aromatic rings. The maximum absolute atomic E-state index is 13.0. The Labute approximate surface area is 219 Å². The third-order valence-electron chi connectivity index (χ3n) is 5.07. The lowest BCUT2D eigenvalue weighted by molar-refractivity contribution is -0.137. The number of fused-ring (bicyclic) bond motifs is 1. The van der Waals surface area contributed by atoms with Crippen molar-refractivity contribution in [3.8, 4) is 11.6 Å². The fraction of sp³-hybridized carbons (Fsp3) is 0.200. The van der Waals surface area contributed by atoms with Crippen molar-refractivity contribution in [3.63, 3.8) is 0 Å². The minimum atomic E-state index is -4.56. The van der Waals surface area contributed by atoms with Gasteiger partial charge in [0.15, 0.2) is 11.5 Å². The second-order valence-corrected chi connectivity index (χ2v) is 7.98. The van der Waals surface area contributed by atoms with Crippen molar-refractivity contribution in [1.29, 1.82) is 0 Å². The molecule has 11 nitrogen and oxygen atoms in total. The van der Waals surface area contributed by atoms with Gasteiger partial charge in [0.2, 0.25) is 5.88 Å². The molecule has 14 heteroatoms. The smallest absolute Gasteiger partial charge is 0.416 e. The number of benzene rings is 2. The Balaban J connectivity index is 1.37. The average Bonchev–Trinajstić information content (AvgIpc) is 3.29. The number of nitrogens with one attached hydrogen (secondary N) is 3. The van der Waals surface area contributed by atoms with E-state index in [4.69, 9.17) is 14.6 Å². The zero-order valence-corrected chi connectivity index (χ0v) is 20.2. The number of aliphatic hydroxyl groups excluding tert-OH is 1. The number of alkyl halides is 3. The molecular weight excluding hydrogens is 521 g/mol. The highest BCUT2D eigenvalue weighted by atomic mass is 19.4. The van der Waals surface area contributed by atoms with Gasteiger partial charge in [-0.25, -0.2) is 14.3 Å². The van der Waals surface area contributed by atoms with E-state index in [-0.39, 0.29) is 43.6 Å². The molecule has 2 aromatic carbocycles. The monoisotopic (exact) mass is 544 g/mol.